The number of carboxylic acids is 1. The van der Waals surface area contributed by atoms with Crippen molar-refractivity contribution in [3.05, 3.63) is 35.9 Å². The van der Waals surface area contributed by atoms with Crippen LogP contribution in [-0.2, 0) is 0 Å². The molecule has 2 aromatic rings. The molecule has 0 saturated heterocycles. The zero-order valence-corrected chi connectivity index (χ0v) is 9.17. The average molecular weight is 233 g/mol. The van der Waals surface area contributed by atoms with Gasteiger partial charge in [0.05, 0.1) is 5.52 Å². The minimum atomic E-state index is -1.15. The molecule has 2 N–H and O–H groups in total. The van der Waals surface area contributed by atoms with Crippen molar-refractivity contribution in [1.82, 2.24) is 14.7 Å². The topological polar surface area (TPSA) is 83.7 Å². The number of carboxylic acid groups (broad SMARTS) is 1. The van der Waals surface area contributed by atoms with Crippen molar-refractivity contribution in [3.8, 4) is 0 Å². The number of nitrogens with zero attached hydrogens (tertiary/aromatic N) is 2. The van der Waals surface area contributed by atoms with Crippen molar-refractivity contribution in [2.24, 2.45) is 0 Å². The molecule has 17 heavy (non-hydrogen) atoms. The molecule has 0 aromatic carbocycles. The lowest BCUT2D eigenvalue weighted by Crippen LogP contribution is -2.25. The van der Waals surface area contributed by atoms with Crippen LogP contribution in [0.3, 0.4) is 0 Å². The second kappa shape index (κ2) is 4.25. The summed E-state index contributed by atoms with van der Waals surface area (Å²) < 4.78 is 1.47. The number of hydrogen-bond acceptors (Lipinski definition) is 3. The molecule has 0 aliphatic rings. The zero-order valence-electron chi connectivity index (χ0n) is 9.17. The first-order valence-electron chi connectivity index (χ1n) is 5.13. The second-order valence-electron chi connectivity index (χ2n) is 3.40. The van der Waals surface area contributed by atoms with Crippen LogP contribution in [0.25, 0.3) is 5.52 Å². The Balaban J connectivity index is 2.64. The van der Waals surface area contributed by atoms with Gasteiger partial charge in [0.1, 0.15) is 0 Å². The van der Waals surface area contributed by atoms with Gasteiger partial charge in [-0.05, 0) is 19.1 Å². The van der Waals surface area contributed by atoms with Crippen LogP contribution in [0.4, 0.5) is 0 Å². The summed E-state index contributed by atoms with van der Waals surface area (Å²) in [6.45, 7) is 2.24. The summed E-state index contributed by atoms with van der Waals surface area (Å²) in [5.74, 6) is -1.45. The van der Waals surface area contributed by atoms with Crippen LogP contribution in [0, 0.1) is 0 Å². The molecule has 0 bridgehead atoms. The van der Waals surface area contributed by atoms with Crippen molar-refractivity contribution in [1.29, 1.82) is 0 Å². The normalized spacial score (nSPS) is 10.4. The minimum absolute atomic E-state index is 0.0832. The monoisotopic (exact) mass is 233 g/mol. The fourth-order valence-electron chi connectivity index (χ4n) is 1.59. The number of nitrogens with one attached hydrogen (secondary N) is 1. The Morgan fingerprint density at radius 1 is 1.47 bits per heavy atom. The van der Waals surface area contributed by atoms with E-state index in [1.54, 1.807) is 31.3 Å². The molecule has 0 aliphatic heterocycles. The molecule has 0 atom stereocenters. The van der Waals surface area contributed by atoms with Crippen LogP contribution >= 0.6 is 0 Å². The molecule has 0 aliphatic carbocycles. The number of carbonyl (C=O) groups excluding carboxylic acids is 1. The van der Waals surface area contributed by atoms with Crippen molar-refractivity contribution < 1.29 is 14.7 Å². The molecular weight excluding hydrogens is 222 g/mol. The highest BCUT2D eigenvalue weighted by molar-refractivity contribution is 5.98. The molecule has 6 nitrogen and oxygen atoms in total. The molecule has 88 valence electrons. The van der Waals surface area contributed by atoms with Crippen LogP contribution in [0.5, 0.6) is 0 Å². The standard InChI is InChI=1S/C11H11N3O3/c1-2-12-10(15)9-13-8(11(16)17)7-5-3-4-6-14(7)9/h3-6H,2H2,1H3,(H,12,15)(H,16,17). The number of fused-ring (bicyclic) bond motifs is 1. The van der Waals surface area contributed by atoms with E-state index in [-0.39, 0.29) is 17.4 Å². The van der Waals surface area contributed by atoms with Gasteiger partial charge in [0.2, 0.25) is 5.82 Å². The van der Waals surface area contributed by atoms with E-state index in [0.717, 1.165) is 0 Å². The van der Waals surface area contributed by atoms with Crippen molar-refractivity contribution in [2.75, 3.05) is 6.54 Å². The van der Waals surface area contributed by atoms with E-state index in [4.69, 9.17) is 5.11 Å². The second-order valence-corrected chi connectivity index (χ2v) is 3.40. The lowest BCUT2D eigenvalue weighted by atomic mass is 10.3. The van der Waals surface area contributed by atoms with Gasteiger partial charge in [-0.3, -0.25) is 9.20 Å². The summed E-state index contributed by atoms with van der Waals surface area (Å²) in [5, 5.41) is 11.6. The van der Waals surface area contributed by atoms with Gasteiger partial charge < -0.3 is 10.4 Å². The van der Waals surface area contributed by atoms with Crippen LogP contribution in [0.1, 0.15) is 28.0 Å². The average Bonchev–Trinajstić information content (AvgIpc) is 2.69. The smallest absolute Gasteiger partial charge is 0.356 e. The summed E-state index contributed by atoms with van der Waals surface area (Å²) >= 11 is 0. The van der Waals surface area contributed by atoms with Gasteiger partial charge in [-0.25, -0.2) is 9.78 Å². The van der Waals surface area contributed by atoms with Crippen LogP contribution in [0.2, 0.25) is 0 Å². The Bertz CT molecular complexity index is 589. The number of aromatic carboxylic acids is 1. The van der Waals surface area contributed by atoms with E-state index >= 15 is 0 Å². The molecule has 2 heterocycles. The molecule has 2 aromatic heterocycles. The first-order valence-corrected chi connectivity index (χ1v) is 5.13. The van der Waals surface area contributed by atoms with E-state index in [2.05, 4.69) is 10.3 Å². The number of pyridine rings is 1. The van der Waals surface area contributed by atoms with Gasteiger partial charge in [0.25, 0.3) is 5.91 Å². The van der Waals surface area contributed by atoms with Gasteiger partial charge in [0, 0.05) is 12.7 Å². The SMILES string of the molecule is CCNC(=O)c1nc(C(=O)O)c2ccccn12. The number of aromatic nitrogens is 2. The van der Waals surface area contributed by atoms with Gasteiger partial charge in [-0.1, -0.05) is 6.07 Å². The molecule has 0 spiro atoms. The summed E-state index contributed by atoms with van der Waals surface area (Å²) in [4.78, 5) is 26.6. The van der Waals surface area contributed by atoms with Crippen molar-refractivity contribution in [2.45, 2.75) is 6.92 Å². The maximum Gasteiger partial charge on any atom is 0.356 e. The van der Waals surface area contributed by atoms with E-state index < -0.39 is 5.97 Å². The summed E-state index contributed by atoms with van der Waals surface area (Å²) in [5.41, 5.74) is 0.285. The maximum atomic E-state index is 11.7. The third-order valence-electron chi connectivity index (χ3n) is 2.29. The first-order chi connectivity index (χ1) is 8.15. The molecule has 1 amide bonds. The summed E-state index contributed by atoms with van der Waals surface area (Å²) in [7, 11) is 0. The number of hydrogen-bond donors (Lipinski definition) is 2. The van der Waals surface area contributed by atoms with E-state index in [1.165, 1.54) is 4.40 Å². The first kappa shape index (κ1) is 11.1. The van der Waals surface area contributed by atoms with Crippen LogP contribution in [0.15, 0.2) is 24.4 Å². The largest absolute Gasteiger partial charge is 0.476 e. The number of rotatable bonds is 3. The van der Waals surface area contributed by atoms with Crippen LogP contribution < -0.4 is 5.32 Å². The maximum absolute atomic E-state index is 11.7. The predicted octanol–water partition coefficient (Wildman–Crippen LogP) is 0.782. The van der Waals surface area contributed by atoms with Gasteiger partial charge >= 0.3 is 5.97 Å². The van der Waals surface area contributed by atoms with Gasteiger partial charge in [0.15, 0.2) is 5.69 Å². The molecule has 0 saturated carbocycles. The molecular formula is C11H11N3O3. The Kier molecular flexibility index (Phi) is 2.78. The number of imidazole rings is 1. The minimum Gasteiger partial charge on any atom is -0.476 e. The van der Waals surface area contributed by atoms with Crippen molar-refractivity contribution in [3.63, 3.8) is 0 Å². The highest BCUT2D eigenvalue weighted by atomic mass is 16.4. The third-order valence-corrected chi connectivity index (χ3v) is 2.29. The molecule has 2 rings (SSSR count). The highest BCUT2D eigenvalue weighted by Crippen LogP contribution is 2.13. The number of amides is 1. The lowest BCUT2D eigenvalue weighted by Gasteiger charge is -2.00. The Morgan fingerprint density at radius 2 is 2.24 bits per heavy atom. The molecule has 0 fully saturated rings. The van der Waals surface area contributed by atoms with Crippen LogP contribution in [-0.4, -0.2) is 32.9 Å². The van der Waals surface area contributed by atoms with E-state index in [9.17, 15) is 9.59 Å². The zero-order chi connectivity index (χ0) is 12.4. The summed E-state index contributed by atoms with van der Waals surface area (Å²) in [6, 6.07) is 5.02. The highest BCUT2D eigenvalue weighted by Gasteiger charge is 2.19. The van der Waals surface area contributed by atoms with Gasteiger partial charge in [-0.15, -0.1) is 0 Å². The third kappa shape index (κ3) is 1.84. The fourth-order valence-corrected chi connectivity index (χ4v) is 1.59. The Hall–Kier alpha value is -2.37. The predicted molar refractivity (Wildman–Crippen MR) is 60.2 cm³/mol. The van der Waals surface area contributed by atoms with Gasteiger partial charge in [-0.2, -0.15) is 0 Å². The fraction of sp³-hybridized carbons (Fsp3) is 0.182. The molecule has 0 radical (unpaired) electrons. The van der Waals surface area contributed by atoms with E-state index in [0.29, 0.717) is 12.1 Å². The summed E-state index contributed by atoms with van der Waals surface area (Å²) in [6.07, 6.45) is 1.61. The quantitative estimate of drug-likeness (QED) is 0.820. The van der Waals surface area contributed by atoms with E-state index in [1.807, 2.05) is 0 Å². The molecule has 0 unspecified atom stereocenters. The Morgan fingerprint density at radius 3 is 2.88 bits per heavy atom. The van der Waals surface area contributed by atoms with Crippen molar-refractivity contribution >= 4 is 17.4 Å². The number of carbonyl (C=O) groups is 2. The lowest BCUT2D eigenvalue weighted by molar-refractivity contribution is 0.0693. The molecule has 6 heteroatoms. The Labute approximate surface area is 96.9 Å².